The molecule has 6 heteroatoms. The van der Waals surface area contributed by atoms with Crippen molar-refractivity contribution >= 4 is 17.9 Å². The number of ether oxygens (including phenoxy) is 3. The molecule has 0 aliphatic heterocycles. The van der Waals surface area contributed by atoms with Gasteiger partial charge in [-0.3, -0.25) is 14.4 Å². The summed E-state index contributed by atoms with van der Waals surface area (Å²) < 4.78 is 17.0. The summed E-state index contributed by atoms with van der Waals surface area (Å²) in [5, 5.41) is 0. The topological polar surface area (TPSA) is 78.9 Å². The van der Waals surface area contributed by atoms with Crippen LogP contribution >= 0.6 is 0 Å². The maximum atomic E-state index is 12.9. The van der Waals surface area contributed by atoms with Gasteiger partial charge in [-0.05, 0) is 109 Å². The quantitative estimate of drug-likeness (QED) is 0.0261. The molecule has 0 radical (unpaired) electrons. The SMILES string of the molecule is CC/C=C\C/C=C\C/C=C\C/C=C\C/C=C\C/C=C\CCCCCCCCC(=O)OCC(COC(=O)CCCCCCCCCCCCCCCCCCCC)OC(=O)CCCCCCCC/C=C\C/C=C\C/C=C\C/C=C\CC. The van der Waals surface area contributed by atoms with E-state index in [4.69, 9.17) is 14.2 Å². The van der Waals surface area contributed by atoms with E-state index in [0.29, 0.717) is 19.3 Å². The number of hydrogen-bond acceptors (Lipinski definition) is 6. The number of unbranched alkanes of at least 4 members (excludes halogenated alkanes) is 29. The van der Waals surface area contributed by atoms with Crippen molar-refractivity contribution in [3.63, 3.8) is 0 Å². The Balaban J connectivity index is 4.43. The van der Waals surface area contributed by atoms with Gasteiger partial charge in [-0.15, -0.1) is 0 Å². The van der Waals surface area contributed by atoms with Crippen molar-refractivity contribution in [2.75, 3.05) is 13.2 Å². The Bertz CT molecular complexity index is 1650. The molecule has 0 aliphatic rings. The fraction of sp³-hybridized carbons (Fsp3) is 0.689. The molecule has 0 aromatic rings. The van der Waals surface area contributed by atoms with Crippen LogP contribution < -0.4 is 0 Å². The standard InChI is InChI=1S/C74H124O6/c1-4-7-10-13-16-19-22-25-28-31-34-35-36-37-38-39-41-43-46-49-52-55-58-61-64-67-73(76)79-70-71(69-78-72(75)66-63-60-57-54-51-48-45-42-33-30-27-24-21-18-15-12-9-6-3)80-74(77)68-65-62-59-56-53-50-47-44-40-32-29-26-23-20-17-14-11-8-5-2/h7-8,10-11,16-17,19-20,25-26,28-29,34-35,37-38,40-41,43-44,71H,4-6,9,12-15,18,21-24,27,30-33,36,39,42,45-70H2,1-3H3/b10-7-,11-8-,19-16-,20-17-,28-25-,29-26-,35-34-,38-37-,43-41-,44-40-. The minimum absolute atomic E-state index is 0.0885. The second kappa shape index (κ2) is 67.3. The number of rotatable bonds is 60. The van der Waals surface area contributed by atoms with Gasteiger partial charge in [0.25, 0.3) is 0 Å². The molecule has 0 aromatic heterocycles. The zero-order valence-electron chi connectivity index (χ0n) is 52.3. The predicted octanol–water partition coefficient (Wildman–Crippen LogP) is 23.2. The van der Waals surface area contributed by atoms with E-state index in [9.17, 15) is 14.4 Å². The summed E-state index contributed by atoms with van der Waals surface area (Å²) in [6.45, 7) is 6.42. The third-order valence-electron chi connectivity index (χ3n) is 14.2. The first kappa shape index (κ1) is 75.8. The third kappa shape index (κ3) is 64.6. The second-order valence-corrected chi connectivity index (χ2v) is 22.0. The molecule has 456 valence electrons. The summed E-state index contributed by atoms with van der Waals surface area (Å²) in [5.74, 6) is -0.908. The Morgan fingerprint density at radius 1 is 0.263 bits per heavy atom. The van der Waals surface area contributed by atoms with E-state index in [1.165, 1.54) is 122 Å². The van der Waals surface area contributed by atoms with Gasteiger partial charge in [0.05, 0.1) is 0 Å². The largest absolute Gasteiger partial charge is 0.462 e. The zero-order valence-corrected chi connectivity index (χ0v) is 52.3. The number of esters is 3. The lowest BCUT2D eigenvalue weighted by Gasteiger charge is -2.18. The van der Waals surface area contributed by atoms with Crippen LogP contribution in [-0.2, 0) is 28.6 Å². The molecular weight excluding hydrogens is 985 g/mol. The van der Waals surface area contributed by atoms with Gasteiger partial charge in [-0.2, -0.15) is 0 Å². The normalized spacial score (nSPS) is 12.9. The van der Waals surface area contributed by atoms with Gasteiger partial charge in [0.15, 0.2) is 6.10 Å². The van der Waals surface area contributed by atoms with Crippen LogP contribution in [0.5, 0.6) is 0 Å². The minimum atomic E-state index is -0.796. The molecular formula is C74H124O6. The highest BCUT2D eigenvalue weighted by Gasteiger charge is 2.19. The van der Waals surface area contributed by atoms with Crippen LogP contribution in [0.2, 0.25) is 0 Å². The summed E-state index contributed by atoms with van der Waals surface area (Å²) in [5.41, 5.74) is 0. The van der Waals surface area contributed by atoms with Crippen molar-refractivity contribution in [1.29, 1.82) is 0 Å². The maximum absolute atomic E-state index is 12.9. The summed E-state index contributed by atoms with van der Waals surface area (Å²) in [4.78, 5) is 38.4. The third-order valence-corrected chi connectivity index (χ3v) is 14.2. The highest BCUT2D eigenvalue weighted by Crippen LogP contribution is 2.17. The van der Waals surface area contributed by atoms with Crippen molar-refractivity contribution in [3.05, 3.63) is 122 Å². The number of hydrogen-bond donors (Lipinski definition) is 0. The fourth-order valence-electron chi connectivity index (χ4n) is 9.26. The minimum Gasteiger partial charge on any atom is -0.462 e. The molecule has 1 unspecified atom stereocenters. The first-order valence-corrected chi connectivity index (χ1v) is 33.5. The van der Waals surface area contributed by atoms with E-state index >= 15 is 0 Å². The van der Waals surface area contributed by atoms with Gasteiger partial charge in [0.2, 0.25) is 0 Å². The van der Waals surface area contributed by atoms with E-state index in [2.05, 4.69) is 142 Å². The number of carbonyl (C=O) groups is 3. The van der Waals surface area contributed by atoms with Crippen LogP contribution in [0.15, 0.2) is 122 Å². The Hall–Kier alpha value is -4.19. The lowest BCUT2D eigenvalue weighted by atomic mass is 10.0. The molecule has 0 bridgehead atoms. The van der Waals surface area contributed by atoms with Crippen LogP contribution in [0, 0.1) is 0 Å². The average molecular weight is 1110 g/mol. The molecule has 0 heterocycles. The van der Waals surface area contributed by atoms with Crippen LogP contribution in [0.4, 0.5) is 0 Å². The molecule has 0 rings (SSSR count). The Labute approximate surface area is 494 Å². The summed E-state index contributed by atoms with van der Waals surface area (Å²) in [7, 11) is 0. The molecule has 0 fully saturated rings. The van der Waals surface area contributed by atoms with Crippen molar-refractivity contribution in [2.24, 2.45) is 0 Å². The van der Waals surface area contributed by atoms with Gasteiger partial charge in [-0.25, -0.2) is 0 Å². The van der Waals surface area contributed by atoms with Crippen molar-refractivity contribution in [1.82, 2.24) is 0 Å². The maximum Gasteiger partial charge on any atom is 0.306 e. The molecule has 6 nitrogen and oxygen atoms in total. The molecule has 0 N–H and O–H groups in total. The first-order valence-electron chi connectivity index (χ1n) is 33.5. The van der Waals surface area contributed by atoms with Crippen LogP contribution in [0.1, 0.15) is 310 Å². The van der Waals surface area contributed by atoms with Crippen molar-refractivity contribution in [3.8, 4) is 0 Å². The zero-order chi connectivity index (χ0) is 57.8. The van der Waals surface area contributed by atoms with E-state index in [0.717, 1.165) is 148 Å². The Morgan fingerprint density at radius 3 is 0.762 bits per heavy atom. The number of allylic oxidation sites excluding steroid dienone is 20. The second-order valence-electron chi connectivity index (χ2n) is 22.0. The smallest absolute Gasteiger partial charge is 0.306 e. The van der Waals surface area contributed by atoms with Gasteiger partial charge < -0.3 is 14.2 Å². The molecule has 0 spiro atoms. The Morgan fingerprint density at radius 2 is 0.487 bits per heavy atom. The molecule has 0 amide bonds. The Kier molecular flexibility index (Phi) is 63.8. The molecule has 80 heavy (non-hydrogen) atoms. The summed E-state index contributed by atoms with van der Waals surface area (Å²) >= 11 is 0. The predicted molar refractivity (Wildman–Crippen MR) is 348 cm³/mol. The first-order chi connectivity index (χ1) is 39.5. The molecule has 0 saturated heterocycles. The molecule has 1 atom stereocenters. The van der Waals surface area contributed by atoms with E-state index < -0.39 is 6.10 Å². The van der Waals surface area contributed by atoms with Crippen LogP contribution in [0.25, 0.3) is 0 Å². The van der Waals surface area contributed by atoms with Crippen molar-refractivity contribution in [2.45, 2.75) is 316 Å². The van der Waals surface area contributed by atoms with Crippen molar-refractivity contribution < 1.29 is 28.6 Å². The average Bonchev–Trinajstić information content (AvgIpc) is 3.46. The fourth-order valence-corrected chi connectivity index (χ4v) is 9.26. The summed E-state index contributed by atoms with van der Waals surface area (Å²) in [6, 6.07) is 0. The highest BCUT2D eigenvalue weighted by atomic mass is 16.6. The van der Waals surface area contributed by atoms with Gasteiger partial charge in [0, 0.05) is 19.3 Å². The lowest BCUT2D eigenvalue weighted by Crippen LogP contribution is -2.30. The van der Waals surface area contributed by atoms with Gasteiger partial charge in [-0.1, -0.05) is 303 Å². The van der Waals surface area contributed by atoms with Gasteiger partial charge >= 0.3 is 17.9 Å². The number of carbonyl (C=O) groups excluding carboxylic acids is 3. The molecule has 0 aliphatic carbocycles. The molecule has 0 aromatic carbocycles. The van der Waals surface area contributed by atoms with Gasteiger partial charge in [0.1, 0.15) is 13.2 Å². The monoisotopic (exact) mass is 1110 g/mol. The van der Waals surface area contributed by atoms with E-state index in [1.54, 1.807) is 0 Å². The van der Waals surface area contributed by atoms with Crippen LogP contribution in [0.3, 0.4) is 0 Å². The molecule has 0 saturated carbocycles. The van der Waals surface area contributed by atoms with E-state index in [-0.39, 0.29) is 31.1 Å². The van der Waals surface area contributed by atoms with E-state index in [1.807, 2.05) is 0 Å². The summed E-state index contributed by atoms with van der Waals surface area (Å²) in [6.07, 6.45) is 93.4. The highest BCUT2D eigenvalue weighted by molar-refractivity contribution is 5.71. The van der Waals surface area contributed by atoms with Crippen LogP contribution in [-0.4, -0.2) is 37.2 Å². The lowest BCUT2D eigenvalue weighted by molar-refractivity contribution is -0.167.